The first-order valence-electron chi connectivity index (χ1n) is 4.79. The lowest BCUT2D eigenvalue weighted by atomic mass is 9.96. The van der Waals surface area contributed by atoms with Crippen LogP contribution in [0.3, 0.4) is 0 Å². The number of amides is 1. The van der Waals surface area contributed by atoms with Crippen LogP contribution in [0.5, 0.6) is 0 Å². The Morgan fingerprint density at radius 3 is 2.76 bits per heavy atom. The van der Waals surface area contributed by atoms with Gasteiger partial charge in [0.15, 0.2) is 0 Å². The van der Waals surface area contributed by atoms with E-state index in [2.05, 4.69) is 11.4 Å². The molecule has 6 nitrogen and oxygen atoms in total. The fourth-order valence-corrected chi connectivity index (χ4v) is 1.71. The molecule has 0 fully saturated rings. The van der Waals surface area contributed by atoms with Gasteiger partial charge in [0.05, 0.1) is 21.3 Å². The van der Waals surface area contributed by atoms with Crippen molar-refractivity contribution >= 4 is 22.2 Å². The molecule has 1 aromatic heterocycles. The summed E-state index contributed by atoms with van der Waals surface area (Å²) in [6, 6.07) is 4.74. The van der Waals surface area contributed by atoms with Crippen LogP contribution in [0.1, 0.15) is 23.5 Å². The fraction of sp³-hybridized carbons (Fsp3) is 0.400. The second kappa shape index (κ2) is 4.93. The van der Waals surface area contributed by atoms with Gasteiger partial charge in [-0.05, 0) is 19.9 Å². The lowest BCUT2D eigenvalue weighted by Crippen LogP contribution is -2.32. The Labute approximate surface area is 102 Å². The second-order valence-corrected chi connectivity index (χ2v) is 5.14. The number of hydrogen-bond donors (Lipinski definition) is 1. The molecule has 0 aliphatic rings. The molecule has 1 heterocycles. The largest absolute Gasteiger partial charge is 0.350 e. The normalized spacial score (nSPS) is 10.6. The number of hydrogen-bond acceptors (Lipinski definition) is 5. The maximum Gasteiger partial charge on any atom is 0.324 e. The first-order valence-corrected chi connectivity index (χ1v) is 5.61. The first kappa shape index (κ1) is 13.1. The van der Waals surface area contributed by atoms with Crippen LogP contribution in [0.15, 0.2) is 12.1 Å². The molecule has 1 rings (SSSR count). The monoisotopic (exact) mass is 253 g/mol. The van der Waals surface area contributed by atoms with E-state index in [0.717, 1.165) is 11.3 Å². The predicted octanol–water partition coefficient (Wildman–Crippen LogP) is 1.94. The zero-order valence-electron chi connectivity index (χ0n) is 9.39. The van der Waals surface area contributed by atoms with Gasteiger partial charge in [0.1, 0.15) is 0 Å². The van der Waals surface area contributed by atoms with Gasteiger partial charge >= 0.3 is 5.00 Å². The standard InChI is InChI=1S/C10H11N3O3S/c1-10(2,5-11)6-12-9(14)7-3-4-8(17-7)13(15)16/h3-4H,6H2,1-2H3,(H,12,14). The Balaban J connectivity index is 2.65. The third kappa shape index (κ3) is 3.53. The summed E-state index contributed by atoms with van der Waals surface area (Å²) in [5.74, 6) is -0.397. The molecule has 0 aromatic carbocycles. The van der Waals surface area contributed by atoms with Crippen LogP contribution in [-0.4, -0.2) is 17.4 Å². The van der Waals surface area contributed by atoms with E-state index in [9.17, 15) is 14.9 Å². The highest BCUT2D eigenvalue weighted by atomic mass is 32.1. The highest BCUT2D eigenvalue weighted by Crippen LogP contribution is 2.23. The summed E-state index contributed by atoms with van der Waals surface area (Å²) >= 11 is 0.813. The van der Waals surface area contributed by atoms with Gasteiger partial charge in [-0.25, -0.2) is 0 Å². The van der Waals surface area contributed by atoms with Gasteiger partial charge in [0, 0.05) is 12.6 Å². The molecule has 0 aliphatic heterocycles. The summed E-state index contributed by atoms with van der Waals surface area (Å²) in [6.45, 7) is 3.60. The zero-order valence-corrected chi connectivity index (χ0v) is 10.2. The van der Waals surface area contributed by atoms with Gasteiger partial charge in [-0.2, -0.15) is 5.26 Å². The summed E-state index contributed by atoms with van der Waals surface area (Å²) in [5.41, 5.74) is -0.654. The minimum atomic E-state index is -0.654. The summed E-state index contributed by atoms with van der Waals surface area (Å²) in [5, 5.41) is 21.7. The van der Waals surface area contributed by atoms with Crippen LogP contribution in [0.25, 0.3) is 0 Å². The van der Waals surface area contributed by atoms with Gasteiger partial charge in [-0.1, -0.05) is 11.3 Å². The third-order valence-electron chi connectivity index (χ3n) is 1.99. The first-order chi connectivity index (χ1) is 7.85. The average molecular weight is 253 g/mol. The number of thiophene rings is 1. The Hall–Kier alpha value is -1.94. The minimum absolute atomic E-state index is 0.0744. The molecular formula is C10H11N3O3S. The van der Waals surface area contributed by atoms with E-state index < -0.39 is 16.2 Å². The van der Waals surface area contributed by atoms with Crippen LogP contribution < -0.4 is 5.32 Å². The van der Waals surface area contributed by atoms with Crippen LogP contribution in [-0.2, 0) is 0 Å². The van der Waals surface area contributed by atoms with Crippen LogP contribution in [0.4, 0.5) is 5.00 Å². The molecule has 7 heteroatoms. The SMILES string of the molecule is CC(C)(C#N)CNC(=O)c1ccc([N+](=O)[O-])s1. The topological polar surface area (TPSA) is 96.0 Å². The Morgan fingerprint density at radius 2 is 2.29 bits per heavy atom. The smallest absolute Gasteiger partial charge is 0.324 e. The molecule has 90 valence electrons. The van der Waals surface area contributed by atoms with E-state index in [0.29, 0.717) is 0 Å². The summed E-state index contributed by atoms with van der Waals surface area (Å²) in [4.78, 5) is 21.8. The van der Waals surface area contributed by atoms with Crippen molar-refractivity contribution in [3.8, 4) is 6.07 Å². The number of nitriles is 1. The number of nitro groups is 1. The van der Waals surface area contributed by atoms with Crippen molar-refractivity contribution in [3.05, 3.63) is 27.1 Å². The molecule has 0 aliphatic carbocycles. The van der Waals surface area contributed by atoms with E-state index in [1.165, 1.54) is 12.1 Å². The van der Waals surface area contributed by atoms with Crippen molar-refractivity contribution in [3.63, 3.8) is 0 Å². The van der Waals surface area contributed by atoms with E-state index in [4.69, 9.17) is 5.26 Å². The number of nitrogens with zero attached hydrogens (tertiary/aromatic N) is 2. The van der Waals surface area contributed by atoms with Crippen LogP contribution in [0.2, 0.25) is 0 Å². The van der Waals surface area contributed by atoms with Crippen LogP contribution >= 0.6 is 11.3 Å². The molecule has 0 atom stereocenters. The molecule has 0 saturated heterocycles. The van der Waals surface area contributed by atoms with Gasteiger partial charge < -0.3 is 5.32 Å². The van der Waals surface area contributed by atoms with E-state index in [-0.39, 0.29) is 16.4 Å². The molecule has 0 unspecified atom stereocenters. The molecule has 0 saturated carbocycles. The predicted molar refractivity (Wildman–Crippen MR) is 62.7 cm³/mol. The molecule has 1 aromatic rings. The highest BCUT2D eigenvalue weighted by molar-refractivity contribution is 7.17. The average Bonchev–Trinajstić information content (AvgIpc) is 2.75. The Morgan fingerprint density at radius 1 is 1.65 bits per heavy atom. The van der Waals surface area contributed by atoms with E-state index in [1.807, 2.05) is 0 Å². The summed E-state index contributed by atoms with van der Waals surface area (Å²) < 4.78 is 0. The van der Waals surface area contributed by atoms with Crippen molar-refractivity contribution in [1.82, 2.24) is 5.32 Å². The van der Waals surface area contributed by atoms with E-state index in [1.54, 1.807) is 13.8 Å². The van der Waals surface area contributed by atoms with Gasteiger partial charge in [-0.3, -0.25) is 14.9 Å². The molecule has 0 spiro atoms. The fourth-order valence-electron chi connectivity index (χ4n) is 0.976. The van der Waals surface area contributed by atoms with Crippen molar-refractivity contribution in [2.45, 2.75) is 13.8 Å². The molecular weight excluding hydrogens is 242 g/mol. The maximum atomic E-state index is 11.6. The zero-order chi connectivity index (χ0) is 13.1. The molecule has 17 heavy (non-hydrogen) atoms. The quantitative estimate of drug-likeness (QED) is 0.655. The Bertz CT molecular complexity index is 487. The Kier molecular flexibility index (Phi) is 3.81. The van der Waals surface area contributed by atoms with Gasteiger partial charge in [0.25, 0.3) is 5.91 Å². The summed E-state index contributed by atoms with van der Waals surface area (Å²) in [6.07, 6.45) is 0. The van der Waals surface area contributed by atoms with E-state index >= 15 is 0 Å². The van der Waals surface area contributed by atoms with Crippen molar-refractivity contribution < 1.29 is 9.72 Å². The minimum Gasteiger partial charge on any atom is -0.350 e. The maximum absolute atomic E-state index is 11.6. The third-order valence-corrected chi connectivity index (χ3v) is 3.02. The second-order valence-electron chi connectivity index (χ2n) is 4.07. The number of carbonyl (C=O) groups is 1. The number of nitrogens with one attached hydrogen (secondary N) is 1. The molecule has 0 radical (unpaired) electrons. The van der Waals surface area contributed by atoms with Gasteiger partial charge in [0.2, 0.25) is 0 Å². The molecule has 1 amide bonds. The molecule has 1 N–H and O–H groups in total. The lowest BCUT2D eigenvalue weighted by molar-refractivity contribution is -0.380. The van der Waals surface area contributed by atoms with Crippen molar-refractivity contribution in [2.75, 3.05) is 6.54 Å². The van der Waals surface area contributed by atoms with Gasteiger partial charge in [-0.15, -0.1) is 0 Å². The number of carbonyl (C=O) groups excluding carboxylic acids is 1. The molecule has 0 bridgehead atoms. The lowest BCUT2D eigenvalue weighted by Gasteiger charge is -2.14. The van der Waals surface area contributed by atoms with Crippen molar-refractivity contribution in [2.24, 2.45) is 5.41 Å². The summed E-state index contributed by atoms with van der Waals surface area (Å²) in [7, 11) is 0. The highest BCUT2D eigenvalue weighted by Gasteiger charge is 2.20. The van der Waals surface area contributed by atoms with Crippen molar-refractivity contribution in [1.29, 1.82) is 5.26 Å². The number of rotatable bonds is 4. The van der Waals surface area contributed by atoms with Crippen LogP contribution in [0, 0.1) is 26.9 Å².